The summed E-state index contributed by atoms with van der Waals surface area (Å²) >= 11 is 0. The molecule has 2 aromatic rings. The van der Waals surface area contributed by atoms with Crippen LogP contribution in [0.2, 0.25) is 0 Å². The fraction of sp³-hybridized carbons (Fsp3) is 0.462. The molecule has 178 valence electrons. The maximum Gasteiger partial charge on any atom is 0.319 e. The third-order valence-corrected chi connectivity index (χ3v) is 5.56. The highest BCUT2D eigenvalue weighted by atomic mass is 16.5. The Bertz CT molecular complexity index is 865. The van der Waals surface area contributed by atoms with E-state index in [1.807, 2.05) is 42.5 Å². The Hall–Kier alpha value is -3.06. The van der Waals surface area contributed by atoms with Crippen LogP contribution in [0.1, 0.15) is 39.5 Å². The molecule has 1 aliphatic heterocycles. The Balaban J connectivity index is 1.44. The first-order chi connectivity index (χ1) is 16.0. The number of nitrogens with one attached hydrogen (secondary N) is 3. The highest BCUT2D eigenvalue weighted by Crippen LogP contribution is 2.22. The van der Waals surface area contributed by atoms with Crippen LogP contribution in [0.25, 0.3) is 0 Å². The van der Waals surface area contributed by atoms with Crippen molar-refractivity contribution in [3.05, 3.63) is 54.6 Å². The van der Waals surface area contributed by atoms with Crippen molar-refractivity contribution in [1.29, 1.82) is 0 Å². The molecule has 1 aliphatic rings. The maximum absolute atomic E-state index is 12.6. The minimum absolute atomic E-state index is 0.0254. The highest BCUT2D eigenvalue weighted by Gasteiger charge is 2.18. The molecule has 7 nitrogen and oxygen atoms in total. The van der Waals surface area contributed by atoms with Crippen LogP contribution in [-0.2, 0) is 4.79 Å². The van der Waals surface area contributed by atoms with Crippen molar-refractivity contribution in [2.75, 3.05) is 31.5 Å². The first-order valence-electron chi connectivity index (χ1n) is 11.9. The van der Waals surface area contributed by atoms with Gasteiger partial charge in [-0.1, -0.05) is 32.0 Å². The van der Waals surface area contributed by atoms with Gasteiger partial charge in [0.1, 0.15) is 11.5 Å². The molecule has 0 spiro atoms. The first kappa shape index (κ1) is 24.6. The molecule has 7 heteroatoms. The quantitative estimate of drug-likeness (QED) is 0.465. The second-order valence-corrected chi connectivity index (χ2v) is 8.97. The summed E-state index contributed by atoms with van der Waals surface area (Å²) < 4.78 is 5.78. The summed E-state index contributed by atoms with van der Waals surface area (Å²) in [6.45, 7) is 7.95. The van der Waals surface area contributed by atoms with E-state index in [9.17, 15) is 9.59 Å². The number of nitrogens with zero attached hydrogens (tertiary/aromatic N) is 1. The topological polar surface area (TPSA) is 82.7 Å². The zero-order valence-corrected chi connectivity index (χ0v) is 19.7. The fourth-order valence-electron chi connectivity index (χ4n) is 4.00. The lowest BCUT2D eigenvalue weighted by molar-refractivity contribution is -0.121. The summed E-state index contributed by atoms with van der Waals surface area (Å²) in [5.74, 6) is 1.78. The Labute approximate surface area is 196 Å². The van der Waals surface area contributed by atoms with Gasteiger partial charge < -0.3 is 25.6 Å². The van der Waals surface area contributed by atoms with Gasteiger partial charge in [-0.3, -0.25) is 4.79 Å². The lowest BCUT2D eigenvalue weighted by atomic mass is 10.0. The molecule has 0 aromatic heterocycles. The first-order valence-corrected chi connectivity index (χ1v) is 11.9. The van der Waals surface area contributed by atoms with Crippen molar-refractivity contribution >= 4 is 17.6 Å². The van der Waals surface area contributed by atoms with Crippen LogP contribution in [0.5, 0.6) is 11.5 Å². The molecule has 0 saturated carbocycles. The van der Waals surface area contributed by atoms with E-state index in [2.05, 4.69) is 34.7 Å². The number of ether oxygens (including phenoxy) is 1. The van der Waals surface area contributed by atoms with Crippen LogP contribution in [0.4, 0.5) is 10.5 Å². The van der Waals surface area contributed by atoms with Gasteiger partial charge in [0.2, 0.25) is 5.91 Å². The smallest absolute Gasteiger partial charge is 0.319 e. The van der Waals surface area contributed by atoms with E-state index < -0.39 is 0 Å². The second kappa shape index (κ2) is 12.8. The van der Waals surface area contributed by atoms with Gasteiger partial charge in [-0.15, -0.1) is 0 Å². The van der Waals surface area contributed by atoms with E-state index in [-0.39, 0.29) is 24.4 Å². The largest absolute Gasteiger partial charge is 0.457 e. The number of likely N-dealkylation sites (tertiary alicyclic amines) is 1. The minimum atomic E-state index is -0.317. The molecule has 1 heterocycles. The van der Waals surface area contributed by atoms with Gasteiger partial charge in [0.25, 0.3) is 0 Å². The fourth-order valence-corrected chi connectivity index (χ4v) is 4.00. The summed E-state index contributed by atoms with van der Waals surface area (Å²) in [7, 11) is 0. The van der Waals surface area contributed by atoms with E-state index >= 15 is 0 Å². The molecular weight excluding hydrogens is 416 g/mol. The van der Waals surface area contributed by atoms with Crippen molar-refractivity contribution in [2.45, 2.75) is 45.6 Å². The summed E-state index contributed by atoms with van der Waals surface area (Å²) in [6, 6.07) is 16.2. The summed E-state index contributed by atoms with van der Waals surface area (Å²) in [5, 5.41) is 8.80. The average Bonchev–Trinajstić information content (AvgIpc) is 3.29. The zero-order valence-electron chi connectivity index (χ0n) is 19.7. The van der Waals surface area contributed by atoms with Gasteiger partial charge in [0, 0.05) is 31.2 Å². The van der Waals surface area contributed by atoms with Crippen molar-refractivity contribution in [3.8, 4) is 11.5 Å². The highest BCUT2D eigenvalue weighted by molar-refractivity contribution is 5.90. The standard InChI is InChI=1S/C26H36N4O3/c1-20(2)18-22(19-25(31)27-14-17-30-15-6-7-16-30)29-26(32)28-21-10-12-24(13-11-21)33-23-8-4-3-5-9-23/h3-5,8-13,20,22H,6-7,14-19H2,1-2H3,(H,27,31)(H2,28,29,32)/t22-/m0/s1. The summed E-state index contributed by atoms with van der Waals surface area (Å²) in [6.07, 6.45) is 3.49. The number of rotatable bonds is 11. The molecule has 0 radical (unpaired) electrons. The molecule has 0 bridgehead atoms. The van der Waals surface area contributed by atoms with Crippen molar-refractivity contribution in [2.24, 2.45) is 5.92 Å². The zero-order chi connectivity index (χ0) is 23.5. The molecule has 33 heavy (non-hydrogen) atoms. The normalized spacial score (nSPS) is 14.6. The Kier molecular flexibility index (Phi) is 9.57. The van der Waals surface area contributed by atoms with E-state index in [1.165, 1.54) is 12.8 Å². The van der Waals surface area contributed by atoms with Crippen molar-refractivity contribution in [1.82, 2.24) is 15.5 Å². The van der Waals surface area contributed by atoms with Crippen molar-refractivity contribution in [3.63, 3.8) is 0 Å². The predicted octanol–water partition coefficient (Wildman–Crippen LogP) is 4.62. The van der Waals surface area contributed by atoms with Crippen LogP contribution in [-0.4, -0.2) is 49.1 Å². The van der Waals surface area contributed by atoms with E-state index in [0.717, 1.165) is 31.8 Å². The Morgan fingerprint density at radius 1 is 0.970 bits per heavy atom. The second-order valence-electron chi connectivity index (χ2n) is 8.97. The lowest BCUT2D eigenvalue weighted by Gasteiger charge is -2.21. The third kappa shape index (κ3) is 9.14. The molecule has 3 rings (SSSR count). The van der Waals surface area contributed by atoms with E-state index in [1.54, 1.807) is 12.1 Å². The molecule has 0 unspecified atom stereocenters. The van der Waals surface area contributed by atoms with E-state index in [0.29, 0.717) is 23.9 Å². The van der Waals surface area contributed by atoms with Gasteiger partial charge in [-0.05, 0) is 74.7 Å². The van der Waals surface area contributed by atoms with Crippen molar-refractivity contribution < 1.29 is 14.3 Å². The Morgan fingerprint density at radius 2 is 1.64 bits per heavy atom. The monoisotopic (exact) mass is 452 g/mol. The lowest BCUT2D eigenvalue weighted by Crippen LogP contribution is -2.43. The van der Waals surface area contributed by atoms with Gasteiger partial charge in [0.05, 0.1) is 0 Å². The summed E-state index contributed by atoms with van der Waals surface area (Å²) in [5.41, 5.74) is 0.659. The van der Waals surface area contributed by atoms with Crippen LogP contribution in [0.3, 0.4) is 0 Å². The maximum atomic E-state index is 12.6. The third-order valence-electron chi connectivity index (χ3n) is 5.56. The van der Waals surface area contributed by atoms with Gasteiger partial charge >= 0.3 is 6.03 Å². The SMILES string of the molecule is CC(C)C[C@@H](CC(=O)NCCN1CCCC1)NC(=O)Nc1ccc(Oc2ccccc2)cc1. The molecular formula is C26H36N4O3. The molecule has 1 saturated heterocycles. The molecule has 1 atom stereocenters. The number of urea groups is 1. The van der Waals surface area contributed by atoms with Crippen LogP contribution in [0.15, 0.2) is 54.6 Å². The summed E-state index contributed by atoms with van der Waals surface area (Å²) in [4.78, 5) is 27.3. The number of carbonyl (C=O) groups excluding carboxylic acids is 2. The number of anilines is 1. The number of carbonyl (C=O) groups is 2. The van der Waals surface area contributed by atoms with Crippen LogP contribution >= 0.6 is 0 Å². The number of para-hydroxylation sites is 1. The molecule has 3 N–H and O–H groups in total. The van der Waals surface area contributed by atoms with E-state index in [4.69, 9.17) is 4.74 Å². The number of amides is 3. The average molecular weight is 453 g/mol. The predicted molar refractivity (Wildman–Crippen MR) is 132 cm³/mol. The van der Waals surface area contributed by atoms with Crippen LogP contribution < -0.4 is 20.7 Å². The van der Waals surface area contributed by atoms with Gasteiger partial charge in [0.15, 0.2) is 0 Å². The minimum Gasteiger partial charge on any atom is -0.457 e. The number of hydrogen-bond donors (Lipinski definition) is 3. The molecule has 0 aliphatic carbocycles. The van der Waals surface area contributed by atoms with Crippen LogP contribution in [0, 0.1) is 5.92 Å². The van der Waals surface area contributed by atoms with Gasteiger partial charge in [-0.2, -0.15) is 0 Å². The molecule has 2 aromatic carbocycles. The Morgan fingerprint density at radius 3 is 2.30 bits per heavy atom. The van der Waals surface area contributed by atoms with Gasteiger partial charge in [-0.25, -0.2) is 4.79 Å². The molecule has 3 amide bonds. The molecule has 1 fully saturated rings. The number of benzene rings is 2. The number of hydrogen-bond acceptors (Lipinski definition) is 4.